The Morgan fingerprint density at radius 3 is 2.63 bits per heavy atom. The zero-order valence-electron chi connectivity index (χ0n) is 17.5. The molecule has 2 saturated heterocycles. The van der Waals surface area contributed by atoms with Crippen molar-refractivity contribution in [2.24, 2.45) is 0 Å². The molecular formula is C24H29N3O3. The molecule has 2 aromatic carbocycles. The Kier molecular flexibility index (Phi) is 6.33. The molecule has 1 atom stereocenters. The third-order valence-electron chi connectivity index (χ3n) is 5.89. The minimum atomic E-state index is -0.108. The molecule has 2 aliphatic rings. The van der Waals surface area contributed by atoms with E-state index in [1.807, 2.05) is 29.2 Å². The van der Waals surface area contributed by atoms with Gasteiger partial charge in [-0.15, -0.1) is 0 Å². The Hall–Kier alpha value is -2.86. The second-order valence-corrected chi connectivity index (χ2v) is 8.03. The first kappa shape index (κ1) is 20.4. The van der Waals surface area contributed by atoms with Crippen molar-refractivity contribution in [3.8, 4) is 0 Å². The van der Waals surface area contributed by atoms with Crippen LogP contribution in [0.4, 0.5) is 10.5 Å². The lowest BCUT2D eigenvalue weighted by Crippen LogP contribution is -2.49. The normalized spacial score (nSPS) is 19.2. The maximum absolute atomic E-state index is 13.1. The molecule has 1 N–H and O–H groups in total. The number of benzene rings is 2. The summed E-state index contributed by atoms with van der Waals surface area (Å²) in [6.45, 7) is 5.45. The first-order valence-corrected chi connectivity index (χ1v) is 10.7. The van der Waals surface area contributed by atoms with Crippen LogP contribution in [-0.2, 0) is 11.3 Å². The van der Waals surface area contributed by atoms with Crippen molar-refractivity contribution in [3.63, 3.8) is 0 Å². The van der Waals surface area contributed by atoms with E-state index in [2.05, 4.69) is 24.4 Å². The number of hydrogen-bond acceptors (Lipinski definition) is 3. The number of urea groups is 1. The number of carbonyl (C=O) groups excluding carboxylic acids is 2. The molecule has 2 aromatic rings. The summed E-state index contributed by atoms with van der Waals surface area (Å²) in [7, 11) is 0. The zero-order valence-corrected chi connectivity index (χ0v) is 17.5. The minimum Gasteiger partial charge on any atom is -0.376 e. The summed E-state index contributed by atoms with van der Waals surface area (Å²) in [4.78, 5) is 29.2. The van der Waals surface area contributed by atoms with Gasteiger partial charge in [0.25, 0.3) is 5.91 Å². The SMILES string of the molecule is Cc1ccccc1CN1CCCN(c2ccc(C(=O)NCC3CCCO3)cc2)C1=O. The molecule has 1 unspecified atom stereocenters. The second kappa shape index (κ2) is 9.30. The molecule has 2 aliphatic heterocycles. The van der Waals surface area contributed by atoms with Crippen molar-refractivity contribution >= 4 is 17.6 Å². The quantitative estimate of drug-likeness (QED) is 0.794. The van der Waals surface area contributed by atoms with E-state index in [0.717, 1.165) is 38.1 Å². The molecule has 0 radical (unpaired) electrons. The fourth-order valence-electron chi connectivity index (χ4n) is 4.07. The summed E-state index contributed by atoms with van der Waals surface area (Å²) < 4.78 is 5.55. The molecule has 0 saturated carbocycles. The summed E-state index contributed by atoms with van der Waals surface area (Å²) in [5.74, 6) is -0.108. The van der Waals surface area contributed by atoms with Gasteiger partial charge >= 0.3 is 6.03 Å². The van der Waals surface area contributed by atoms with Crippen LogP contribution in [0.15, 0.2) is 48.5 Å². The van der Waals surface area contributed by atoms with Gasteiger partial charge in [-0.25, -0.2) is 4.79 Å². The number of aryl methyl sites for hydroxylation is 1. The van der Waals surface area contributed by atoms with E-state index in [-0.39, 0.29) is 18.0 Å². The Morgan fingerprint density at radius 2 is 1.90 bits per heavy atom. The van der Waals surface area contributed by atoms with Crippen LogP contribution in [0, 0.1) is 6.92 Å². The first-order valence-electron chi connectivity index (χ1n) is 10.7. The Balaban J connectivity index is 1.38. The number of amides is 3. The maximum atomic E-state index is 13.1. The molecule has 3 amide bonds. The number of rotatable bonds is 6. The number of anilines is 1. The average molecular weight is 408 g/mol. The van der Waals surface area contributed by atoms with Gasteiger partial charge in [-0.2, -0.15) is 0 Å². The van der Waals surface area contributed by atoms with Gasteiger partial charge in [0, 0.05) is 44.0 Å². The van der Waals surface area contributed by atoms with Crippen molar-refractivity contribution in [3.05, 3.63) is 65.2 Å². The van der Waals surface area contributed by atoms with Gasteiger partial charge in [0.15, 0.2) is 0 Å². The molecule has 2 fully saturated rings. The third kappa shape index (κ3) is 4.65. The lowest BCUT2D eigenvalue weighted by molar-refractivity contribution is 0.0858. The molecule has 30 heavy (non-hydrogen) atoms. The molecule has 0 aromatic heterocycles. The standard InChI is InChI=1S/C24H29N3O3/c1-18-6-2-3-7-20(18)17-26-13-5-14-27(24(26)29)21-11-9-19(10-12-21)23(28)25-16-22-8-4-15-30-22/h2-3,6-7,9-12,22H,4-5,8,13-17H2,1H3,(H,25,28). The molecular weight excluding hydrogens is 378 g/mol. The van der Waals surface area contributed by atoms with Gasteiger partial charge in [-0.05, 0) is 61.6 Å². The van der Waals surface area contributed by atoms with E-state index in [1.54, 1.807) is 17.0 Å². The second-order valence-electron chi connectivity index (χ2n) is 8.03. The first-order chi connectivity index (χ1) is 14.6. The Morgan fingerprint density at radius 1 is 1.10 bits per heavy atom. The third-order valence-corrected chi connectivity index (χ3v) is 5.89. The van der Waals surface area contributed by atoms with E-state index >= 15 is 0 Å². The van der Waals surface area contributed by atoms with Crippen molar-refractivity contribution in [1.82, 2.24) is 10.2 Å². The van der Waals surface area contributed by atoms with E-state index < -0.39 is 0 Å². The number of nitrogens with one attached hydrogen (secondary N) is 1. The summed E-state index contributed by atoms with van der Waals surface area (Å²) in [5.41, 5.74) is 3.79. The van der Waals surface area contributed by atoms with E-state index in [1.165, 1.54) is 11.1 Å². The predicted molar refractivity (Wildman–Crippen MR) is 117 cm³/mol. The van der Waals surface area contributed by atoms with Crippen molar-refractivity contribution in [2.75, 3.05) is 31.1 Å². The van der Waals surface area contributed by atoms with E-state index in [0.29, 0.717) is 25.2 Å². The zero-order chi connectivity index (χ0) is 20.9. The molecule has 2 heterocycles. The number of carbonyl (C=O) groups is 2. The van der Waals surface area contributed by atoms with Gasteiger partial charge in [0.05, 0.1) is 6.10 Å². The fourth-order valence-corrected chi connectivity index (χ4v) is 4.07. The highest BCUT2D eigenvalue weighted by Crippen LogP contribution is 2.23. The predicted octanol–water partition coefficient (Wildman–Crippen LogP) is 3.74. The molecule has 6 heteroatoms. The van der Waals surface area contributed by atoms with Gasteiger partial charge in [0.1, 0.15) is 0 Å². The number of nitrogens with zero attached hydrogens (tertiary/aromatic N) is 2. The van der Waals surface area contributed by atoms with Gasteiger partial charge in [-0.1, -0.05) is 24.3 Å². The topological polar surface area (TPSA) is 61.9 Å². The molecule has 0 bridgehead atoms. The fraction of sp³-hybridized carbons (Fsp3) is 0.417. The van der Waals surface area contributed by atoms with Crippen LogP contribution in [0.5, 0.6) is 0 Å². The van der Waals surface area contributed by atoms with Crippen LogP contribution in [0.3, 0.4) is 0 Å². The highest BCUT2D eigenvalue weighted by Gasteiger charge is 2.27. The van der Waals surface area contributed by atoms with Gasteiger partial charge in [-0.3, -0.25) is 9.69 Å². The van der Waals surface area contributed by atoms with Crippen LogP contribution in [0.1, 0.15) is 40.7 Å². The highest BCUT2D eigenvalue weighted by molar-refractivity contribution is 5.96. The Labute approximate surface area is 177 Å². The molecule has 6 nitrogen and oxygen atoms in total. The molecule has 4 rings (SSSR count). The number of ether oxygens (including phenoxy) is 1. The minimum absolute atomic E-state index is 0.0140. The smallest absolute Gasteiger partial charge is 0.324 e. The molecule has 0 aliphatic carbocycles. The number of hydrogen-bond donors (Lipinski definition) is 1. The van der Waals surface area contributed by atoms with Crippen molar-refractivity contribution in [2.45, 2.75) is 38.8 Å². The van der Waals surface area contributed by atoms with Crippen molar-refractivity contribution < 1.29 is 14.3 Å². The molecule has 0 spiro atoms. The van der Waals surface area contributed by atoms with E-state index in [9.17, 15) is 9.59 Å². The largest absolute Gasteiger partial charge is 0.376 e. The van der Waals surface area contributed by atoms with Crippen LogP contribution in [0.2, 0.25) is 0 Å². The van der Waals surface area contributed by atoms with Gasteiger partial charge < -0.3 is 15.0 Å². The van der Waals surface area contributed by atoms with Crippen LogP contribution < -0.4 is 10.2 Å². The molecule has 158 valence electrons. The van der Waals surface area contributed by atoms with Crippen LogP contribution >= 0.6 is 0 Å². The Bertz CT molecular complexity index is 891. The average Bonchev–Trinajstić information content (AvgIpc) is 3.29. The lowest BCUT2D eigenvalue weighted by Gasteiger charge is -2.36. The lowest BCUT2D eigenvalue weighted by atomic mass is 10.1. The van der Waals surface area contributed by atoms with Crippen LogP contribution in [-0.4, -0.2) is 49.2 Å². The maximum Gasteiger partial charge on any atom is 0.324 e. The summed E-state index contributed by atoms with van der Waals surface area (Å²) in [5, 5.41) is 2.94. The highest BCUT2D eigenvalue weighted by atomic mass is 16.5. The van der Waals surface area contributed by atoms with Crippen LogP contribution in [0.25, 0.3) is 0 Å². The van der Waals surface area contributed by atoms with E-state index in [4.69, 9.17) is 4.74 Å². The monoisotopic (exact) mass is 407 g/mol. The van der Waals surface area contributed by atoms with Crippen molar-refractivity contribution in [1.29, 1.82) is 0 Å². The summed E-state index contributed by atoms with van der Waals surface area (Å²) in [6, 6.07) is 15.5. The van der Waals surface area contributed by atoms with Gasteiger partial charge in [0.2, 0.25) is 0 Å². The summed E-state index contributed by atoms with van der Waals surface area (Å²) in [6.07, 6.45) is 3.09. The summed E-state index contributed by atoms with van der Waals surface area (Å²) >= 11 is 0.